The third-order valence-electron chi connectivity index (χ3n) is 2.95. The van der Waals surface area contributed by atoms with Crippen molar-refractivity contribution in [1.82, 2.24) is 4.90 Å². The highest BCUT2D eigenvalue weighted by molar-refractivity contribution is 5.92. The summed E-state index contributed by atoms with van der Waals surface area (Å²) < 4.78 is 12.8. The fourth-order valence-electron chi connectivity index (χ4n) is 2.04. The standard InChI is InChI=1S/C16H18FN3O/c1-20(10-12-3-2-4-14(18)9-12)11-16(21)19-15-7-5-13(17)6-8-15/h2-9H,10-11,18H2,1H3,(H,19,21). The average Bonchev–Trinajstić information content (AvgIpc) is 2.41. The molecule has 2 aromatic carbocycles. The summed E-state index contributed by atoms with van der Waals surface area (Å²) in [6.45, 7) is 0.869. The quantitative estimate of drug-likeness (QED) is 0.831. The van der Waals surface area contributed by atoms with Gasteiger partial charge in [0.15, 0.2) is 0 Å². The van der Waals surface area contributed by atoms with Crippen LogP contribution >= 0.6 is 0 Å². The van der Waals surface area contributed by atoms with E-state index in [1.54, 1.807) is 0 Å². The van der Waals surface area contributed by atoms with Crippen LogP contribution in [0.4, 0.5) is 15.8 Å². The molecule has 0 aliphatic carbocycles. The van der Waals surface area contributed by atoms with Crippen molar-refractivity contribution in [2.24, 2.45) is 0 Å². The molecule has 0 atom stereocenters. The number of carbonyl (C=O) groups excluding carboxylic acids is 1. The molecule has 2 aromatic rings. The van der Waals surface area contributed by atoms with Gasteiger partial charge < -0.3 is 11.1 Å². The lowest BCUT2D eigenvalue weighted by Gasteiger charge is -2.16. The maximum Gasteiger partial charge on any atom is 0.238 e. The van der Waals surface area contributed by atoms with Crippen LogP contribution in [0.25, 0.3) is 0 Å². The minimum absolute atomic E-state index is 0.145. The second-order valence-electron chi connectivity index (χ2n) is 4.97. The van der Waals surface area contributed by atoms with E-state index >= 15 is 0 Å². The Morgan fingerprint density at radius 2 is 1.95 bits per heavy atom. The van der Waals surface area contributed by atoms with Crippen LogP contribution in [0.2, 0.25) is 0 Å². The molecule has 21 heavy (non-hydrogen) atoms. The highest BCUT2D eigenvalue weighted by atomic mass is 19.1. The van der Waals surface area contributed by atoms with Gasteiger partial charge in [-0.2, -0.15) is 0 Å². The van der Waals surface area contributed by atoms with E-state index in [9.17, 15) is 9.18 Å². The number of likely N-dealkylation sites (N-methyl/N-ethyl adjacent to an activating group) is 1. The first-order valence-corrected chi connectivity index (χ1v) is 6.61. The molecule has 0 spiro atoms. The van der Waals surface area contributed by atoms with E-state index in [4.69, 9.17) is 5.73 Å². The number of nitrogens with zero attached hydrogens (tertiary/aromatic N) is 1. The van der Waals surface area contributed by atoms with Gasteiger partial charge in [0.25, 0.3) is 0 Å². The lowest BCUT2D eigenvalue weighted by atomic mass is 10.2. The predicted octanol–water partition coefficient (Wildman–Crippen LogP) is 2.48. The van der Waals surface area contributed by atoms with Gasteiger partial charge >= 0.3 is 0 Å². The Labute approximate surface area is 123 Å². The van der Waals surface area contributed by atoms with Crippen LogP contribution in [0.5, 0.6) is 0 Å². The Morgan fingerprint density at radius 3 is 2.62 bits per heavy atom. The van der Waals surface area contributed by atoms with Crippen molar-refractivity contribution in [3.8, 4) is 0 Å². The van der Waals surface area contributed by atoms with Crippen molar-refractivity contribution in [2.45, 2.75) is 6.54 Å². The Morgan fingerprint density at radius 1 is 1.24 bits per heavy atom. The van der Waals surface area contributed by atoms with E-state index in [0.29, 0.717) is 17.9 Å². The number of anilines is 2. The molecule has 0 aliphatic heterocycles. The first kappa shape index (κ1) is 15.0. The summed E-state index contributed by atoms with van der Waals surface area (Å²) in [4.78, 5) is 13.8. The van der Waals surface area contributed by atoms with Gasteiger partial charge in [-0.1, -0.05) is 12.1 Å². The van der Waals surface area contributed by atoms with Crippen LogP contribution in [-0.4, -0.2) is 24.4 Å². The summed E-state index contributed by atoms with van der Waals surface area (Å²) in [5.41, 5.74) is 8.06. The van der Waals surface area contributed by atoms with E-state index in [-0.39, 0.29) is 18.3 Å². The molecule has 110 valence electrons. The number of hydrogen-bond donors (Lipinski definition) is 2. The van der Waals surface area contributed by atoms with Crippen molar-refractivity contribution in [2.75, 3.05) is 24.6 Å². The maximum atomic E-state index is 12.8. The zero-order valence-electron chi connectivity index (χ0n) is 11.8. The molecule has 0 radical (unpaired) electrons. The van der Waals surface area contributed by atoms with Crippen LogP contribution < -0.4 is 11.1 Å². The van der Waals surface area contributed by atoms with Gasteiger partial charge in [0.1, 0.15) is 5.82 Å². The highest BCUT2D eigenvalue weighted by Gasteiger charge is 2.08. The van der Waals surface area contributed by atoms with Crippen LogP contribution in [0.3, 0.4) is 0 Å². The fraction of sp³-hybridized carbons (Fsp3) is 0.188. The molecule has 0 aliphatic rings. The van der Waals surface area contributed by atoms with E-state index in [1.807, 2.05) is 36.2 Å². The molecule has 0 aromatic heterocycles. The molecule has 0 unspecified atom stereocenters. The van der Waals surface area contributed by atoms with Gasteiger partial charge in [0.2, 0.25) is 5.91 Å². The number of hydrogen-bond acceptors (Lipinski definition) is 3. The van der Waals surface area contributed by atoms with Crippen molar-refractivity contribution in [1.29, 1.82) is 0 Å². The first-order valence-electron chi connectivity index (χ1n) is 6.61. The van der Waals surface area contributed by atoms with Gasteiger partial charge in [0.05, 0.1) is 6.54 Å². The maximum absolute atomic E-state index is 12.8. The fourth-order valence-corrected chi connectivity index (χ4v) is 2.04. The molecule has 0 fully saturated rings. The minimum atomic E-state index is -0.327. The third kappa shape index (κ3) is 4.89. The second-order valence-corrected chi connectivity index (χ2v) is 4.97. The van der Waals surface area contributed by atoms with Crippen molar-refractivity contribution >= 4 is 17.3 Å². The van der Waals surface area contributed by atoms with Crippen molar-refractivity contribution in [3.63, 3.8) is 0 Å². The van der Waals surface area contributed by atoms with Gasteiger partial charge in [-0.25, -0.2) is 4.39 Å². The molecule has 3 N–H and O–H groups in total. The lowest BCUT2D eigenvalue weighted by Crippen LogP contribution is -2.29. The largest absolute Gasteiger partial charge is 0.399 e. The Kier molecular flexibility index (Phi) is 4.90. The van der Waals surface area contributed by atoms with Gasteiger partial charge in [-0.05, 0) is 49.0 Å². The molecule has 2 rings (SSSR count). The smallest absolute Gasteiger partial charge is 0.238 e. The van der Waals surface area contributed by atoms with Gasteiger partial charge in [-0.15, -0.1) is 0 Å². The zero-order valence-corrected chi connectivity index (χ0v) is 11.8. The van der Waals surface area contributed by atoms with Crippen LogP contribution in [0.1, 0.15) is 5.56 Å². The molecule has 0 heterocycles. The topological polar surface area (TPSA) is 58.4 Å². The molecule has 0 bridgehead atoms. The normalized spacial score (nSPS) is 10.6. The van der Waals surface area contributed by atoms with E-state index in [0.717, 1.165) is 5.56 Å². The Hall–Kier alpha value is -2.40. The SMILES string of the molecule is CN(CC(=O)Nc1ccc(F)cc1)Cc1cccc(N)c1. The van der Waals surface area contributed by atoms with Crippen LogP contribution in [-0.2, 0) is 11.3 Å². The number of rotatable bonds is 5. The molecule has 5 heteroatoms. The molecule has 1 amide bonds. The molecular weight excluding hydrogens is 269 g/mol. The van der Waals surface area contributed by atoms with E-state index < -0.39 is 0 Å². The van der Waals surface area contributed by atoms with Crippen LogP contribution in [0, 0.1) is 5.82 Å². The predicted molar refractivity (Wildman–Crippen MR) is 82.2 cm³/mol. The van der Waals surface area contributed by atoms with E-state index in [1.165, 1.54) is 24.3 Å². The summed E-state index contributed by atoms with van der Waals surface area (Å²) >= 11 is 0. The number of nitrogens with two attached hydrogens (primary N) is 1. The molecule has 0 saturated carbocycles. The summed E-state index contributed by atoms with van der Waals surface area (Å²) in [7, 11) is 1.85. The third-order valence-corrected chi connectivity index (χ3v) is 2.95. The number of halogens is 1. The molecule has 0 saturated heterocycles. The monoisotopic (exact) mass is 287 g/mol. The summed E-state index contributed by atoms with van der Waals surface area (Å²) in [5.74, 6) is -0.472. The number of nitrogen functional groups attached to an aromatic ring is 1. The van der Waals surface area contributed by atoms with Gasteiger partial charge in [-0.3, -0.25) is 9.69 Å². The lowest BCUT2D eigenvalue weighted by molar-refractivity contribution is -0.117. The number of amides is 1. The summed E-state index contributed by atoms with van der Waals surface area (Å²) in [5, 5.41) is 2.73. The summed E-state index contributed by atoms with van der Waals surface area (Å²) in [6, 6.07) is 13.2. The first-order chi connectivity index (χ1) is 10.0. The number of carbonyl (C=O) groups is 1. The van der Waals surface area contributed by atoms with Crippen molar-refractivity contribution in [3.05, 3.63) is 59.9 Å². The Balaban J connectivity index is 1.86. The Bertz CT molecular complexity index is 613. The zero-order chi connectivity index (χ0) is 15.2. The molecule has 4 nitrogen and oxygen atoms in total. The number of benzene rings is 2. The van der Waals surface area contributed by atoms with E-state index in [2.05, 4.69) is 5.32 Å². The second kappa shape index (κ2) is 6.85. The number of nitrogens with one attached hydrogen (secondary N) is 1. The summed E-state index contributed by atoms with van der Waals surface area (Å²) in [6.07, 6.45) is 0. The highest BCUT2D eigenvalue weighted by Crippen LogP contribution is 2.10. The van der Waals surface area contributed by atoms with Crippen LogP contribution in [0.15, 0.2) is 48.5 Å². The van der Waals surface area contributed by atoms with Gasteiger partial charge in [0, 0.05) is 17.9 Å². The van der Waals surface area contributed by atoms with Crippen molar-refractivity contribution < 1.29 is 9.18 Å². The average molecular weight is 287 g/mol. The minimum Gasteiger partial charge on any atom is -0.399 e. The molecular formula is C16H18FN3O.